The van der Waals surface area contributed by atoms with Gasteiger partial charge in [0, 0.05) is 22.9 Å². The molecule has 0 unspecified atom stereocenters. The highest BCUT2D eigenvalue weighted by Gasteiger charge is 2.07. The van der Waals surface area contributed by atoms with Crippen molar-refractivity contribution in [2.24, 2.45) is 10.2 Å². The number of benzene rings is 3. The van der Waals surface area contributed by atoms with Gasteiger partial charge in [0.05, 0.1) is 12.4 Å². The maximum Gasteiger partial charge on any atom is 0.341 e. The molecule has 0 aliphatic carbocycles. The topological polar surface area (TPSA) is 180 Å². The number of nitrogens with zero attached hydrogens (tertiary/aromatic N) is 4. The molecule has 13 nitrogen and oxygen atoms in total. The van der Waals surface area contributed by atoms with Crippen LogP contribution in [0, 0.1) is 0 Å². The first-order chi connectivity index (χ1) is 20.0. The zero-order valence-corrected chi connectivity index (χ0v) is 21.5. The Balaban J connectivity index is 1.53. The summed E-state index contributed by atoms with van der Waals surface area (Å²) in [7, 11) is 0. The fourth-order valence-corrected chi connectivity index (χ4v) is 3.33. The van der Waals surface area contributed by atoms with E-state index in [0.717, 1.165) is 5.69 Å². The van der Waals surface area contributed by atoms with E-state index < -0.39 is 25.2 Å². The quantitative estimate of drug-likeness (QED) is 0.112. The van der Waals surface area contributed by atoms with E-state index >= 15 is 0 Å². The molecule has 4 aromatic rings. The third kappa shape index (κ3) is 9.07. The lowest BCUT2D eigenvalue weighted by molar-refractivity contribution is -0.140. The summed E-state index contributed by atoms with van der Waals surface area (Å²) in [6.45, 7) is -0.968. The lowest BCUT2D eigenvalue weighted by Gasteiger charge is -2.10. The predicted molar refractivity (Wildman–Crippen MR) is 153 cm³/mol. The monoisotopic (exact) mass is 555 g/mol. The van der Waals surface area contributed by atoms with Crippen LogP contribution < -0.4 is 25.6 Å². The van der Waals surface area contributed by atoms with E-state index in [1.54, 1.807) is 54.6 Å². The highest BCUT2D eigenvalue weighted by Crippen LogP contribution is 2.20. The molecule has 13 heteroatoms. The van der Waals surface area contributed by atoms with Crippen molar-refractivity contribution in [3.63, 3.8) is 0 Å². The molecule has 0 fully saturated rings. The van der Waals surface area contributed by atoms with Gasteiger partial charge >= 0.3 is 11.9 Å². The van der Waals surface area contributed by atoms with Crippen molar-refractivity contribution in [3.05, 3.63) is 96.1 Å². The number of para-hydroxylation sites is 3. The molecule has 41 heavy (non-hydrogen) atoms. The van der Waals surface area contributed by atoms with Crippen LogP contribution in [-0.4, -0.2) is 57.8 Å². The van der Waals surface area contributed by atoms with Crippen LogP contribution in [-0.2, 0) is 9.59 Å². The lowest BCUT2D eigenvalue weighted by atomic mass is 10.2. The minimum Gasteiger partial charge on any atom is -0.481 e. The molecule has 3 aromatic carbocycles. The molecule has 0 saturated heterocycles. The second-order valence-electron chi connectivity index (χ2n) is 8.13. The van der Waals surface area contributed by atoms with Gasteiger partial charge in [-0.25, -0.2) is 15.0 Å². The zero-order chi connectivity index (χ0) is 28.9. The normalized spacial score (nSPS) is 10.8. The SMILES string of the molecule is O=C(O)COc1ccccc1C=NNc1cc(Nc2ccccc2)nc(NN=Cc2ccccc2OCC(=O)O)n1. The highest BCUT2D eigenvalue weighted by atomic mass is 16.5. The summed E-state index contributed by atoms with van der Waals surface area (Å²) in [6.07, 6.45) is 2.93. The number of aromatic nitrogens is 2. The molecule has 1 aromatic heterocycles. The van der Waals surface area contributed by atoms with Crippen molar-refractivity contribution in [2.45, 2.75) is 0 Å². The summed E-state index contributed by atoms with van der Waals surface area (Å²) in [5, 5.41) is 29.4. The van der Waals surface area contributed by atoms with Crippen molar-refractivity contribution >= 4 is 47.6 Å². The second kappa shape index (κ2) is 14.2. The van der Waals surface area contributed by atoms with Crippen molar-refractivity contribution in [1.82, 2.24) is 9.97 Å². The van der Waals surface area contributed by atoms with Gasteiger partial charge in [-0.15, -0.1) is 0 Å². The molecule has 208 valence electrons. The number of aliphatic carboxylic acids is 2. The molecule has 0 radical (unpaired) electrons. The Morgan fingerprint density at radius 1 is 0.707 bits per heavy atom. The Morgan fingerprint density at radius 2 is 1.22 bits per heavy atom. The lowest BCUT2D eigenvalue weighted by Crippen LogP contribution is -2.10. The second-order valence-corrected chi connectivity index (χ2v) is 8.13. The minimum absolute atomic E-state index is 0.133. The van der Waals surface area contributed by atoms with Gasteiger partial charge in [0.25, 0.3) is 0 Å². The average molecular weight is 556 g/mol. The molecule has 0 amide bonds. The summed E-state index contributed by atoms with van der Waals surface area (Å²) in [5.74, 6) is -0.574. The number of anilines is 4. The summed E-state index contributed by atoms with van der Waals surface area (Å²) in [5.41, 5.74) is 7.50. The van der Waals surface area contributed by atoms with E-state index in [-0.39, 0.29) is 5.95 Å². The van der Waals surface area contributed by atoms with Crippen molar-refractivity contribution in [1.29, 1.82) is 0 Å². The highest BCUT2D eigenvalue weighted by molar-refractivity contribution is 5.85. The van der Waals surface area contributed by atoms with E-state index in [9.17, 15) is 9.59 Å². The minimum atomic E-state index is -1.09. The van der Waals surface area contributed by atoms with Crippen molar-refractivity contribution in [2.75, 3.05) is 29.4 Å². The van der Waals surface area contributed by atoms with Gasteiger partial charge in [0.1, 0.15) is 17.3 Å². The summed E-state index contributed by atoms with van der Waals surface area (Å²) >= 11 is 0. The molecule has 1 heterocycles. The molecular weight excluding hydrogens is 530 g/mol. The van der Waals surface area contributed by atoms with Crippen LogP contribution >= 0.6 is 0 Å². The molecule has 5 N–H and O–H groups in total. The molecule has 0 aliphatic rings. The Labute approximate surface area is 234 Å². The summed E-state index contributed by atoms with van der Waals surface area (Å²) in [6, 6.07) is 24.7. The third-order valence-electron chi connectivity index (χ3n) is 5.06. The number of carboxylic acid groups (broad SMARTS) is 2. The third-order valence-corrected chi connectivity index (χ3v) is 5.06. The number of carbonyl (C=O) groups is 2. The first-order valence-corrected chi connectivity index (χ1v) is 12.1. The standard InChI is InChI=1S/C28H25N7O6/c36-26(37)17-40-22-12-6-4-8-19(22)15-29-34-25-14-24(31-21-10-2-1-3-11-21)32-28(33-25)35-30-16-20-9-5-7-13-23(20)41-18-27(38)39/h1-16H,17-18H2,(H,36,37)(H,38,39)(H3,31,32,33,34,35). The van der Waals surface area contributed by atoms with Crippen LogP contribution in [0.2, 0.25) is 0 Å². The van der Waals surface area contributed by atoms with Crippen LogP contribution in [0.1, 0.15) is 11.1 Å². The van der Waals surface area contributed by atoms with Crippen LogP contribution in [0.3, 0.4) is 0 Å². The average Bonchev–Trinajstić information content (AvgIpc) is 2.96. The number of nitrogens with one attached hydrogen (secondary N) is 3. The molecule has 0 spiro atoms. The van der Waals surface area contributed by atoms with Crippen LogP contribution in [0.15, 0.2) is 95.1 Å². The molecule has 0 bridgehead atoms. The van der Waals surface area contributed by atoms with E-state index in [0.29, 0.717) is 34.3 Å². The van der Waals surface area contributed by atoms with Crippen LogP contribution in [0.25, 0.3) is 0 Å². The van der Waals surface area contributed by atoms with E-state index in [1.807, 2.05) is 30.3 Å². The molecule has 0 aliphatic heterocycles. The Hall–Kier alpha value is -5.98. The van der Waals surface area contributed by atoms with Crippen LogP contribution in [0.5, 0.6) is 11.5 Å². The molecular formula is C28H25N7O6. The Kier molecular flexibility index (Phi) is 9.75. The summed E-state index contributed by atoms with van der Waals surface area (Å²) < 4.78 is 10.6. The van der Waals surface area contributed by atoms with E-state index in [2.05, 4.69) is 36.3 Å². The largest absolute Gasteiger partial charge is 0.481 e. The van der Waals surface area contributed by atoms with Gasteiger partial charge in [-0.2, -0.15) is 20.2 Å². The Morgan fingerprint density at radius 3 is 1.80 bits per heavy atom. The molecule has 0 atom stereocenters. The van der Waals surface area contributed by atoms with Gasteiger partial charge in [-0.3, -0.25) is 5.43 Å². The van der Waals surface area contributed by atoms with Gasteiger partial charge < -0.3 is 25.0 Å². The van der Waals surface area contributed by atoms with Gasteiger partial charge in [-0.1, -0.05) is 42.5 Å². The van der Waals surface area contributed by atoms with E-state index in [1.165, 1.54) is 12.4 Å². The Bertz CT molecular complexity index is 1450. The predicted octanol–water partition coefficient (Wildman–Crippen LogP) is 4.04. The van der Waals surface area contributed by atoms with Gasteiger partial charge in [0.15, 0.2) is 19.0 Å². The fourth-order valence-electron chi connectivity index (χ4n) is 3.33. The first-order valence-electron chi connectivity index (χ1n) is 12.1. The van der Waals surface area contributed by atoms with Gasteiger partial charge in [0.2, 0.25) is 5.95 Å². The number of hydrazone groups is 2. The van der Waals surface area contributed by atoms with Crippen LogP contribution in [0.4, 0.5) is 23.3 Å². The molecule has 4 rings (SSSR count). The number of ether oxygens (including phenoxy) is 2. The maximum atomic E-state index is 10.9. The summed E-state index contributed by atoms with van der Waals surface area (Å²) in [4.78, 5) is 30.6. The first kappa shape index (κ1) is 28.0. The van der Waals surface area contributed by atoms with Crippen molar-refractivity contribution in [3.8, 4) is 11.5 Å². The number of carboxylic acids is 2. The molecule has 0 saturated carbocycles. The van der Waals surface area contributed by atoms with Gasteiger partial charge in [-0.05, 0) is 36.4 Å². The number of hydrogen-bond acceptors (Lipinski definition) is 11. The maximum absolute atomic E-state index is 10.9. The fraction of sp³-hybridized carbons (Fsp3) is 0.0714. The number of hydrogen-bond donors (Lipinski definition) is 5. The van der Waals surface area contributed by atoms with Crippen molar-refractivity contribution < 1.29 is 29.3 Å². The number of rotatable bonds is 14. The van der Waals surface area contributed by atoms with E-state index in [4.69, 9.17) is 19.7 Å². The smallest absolute Gasteiger partial charge is 0.341 e. The zero-order valence-electron chi connectivity index (χ0n) is 21.5.